The number of hydrogen-bond donors (Lipinski definition) is 0. The standard InChI is InChI=1S/C16H20N2/c1-12(14-5-3-2-4-6-14)18-15-7-8-16(18)10-13(9-15)11-17/h2-6,12-13,15-16H,7-10H2,1H3/t12-,15-,16-/m1/s1. The number of hydrogen-bond acceptors (Lipinski definition) is 2. The maximum Gasteiger partial charge on any atom is 0.0657 e. The van der Waals surface area contributed by atoms with Gasteiger partial charge in [-0.25, -0.2) is 0 Å². The molecule has 2 saturated heterocycles. The first kappa shape index (κ1) is 11.7. The van der Waals surface area contributed by atoms with E-state index in [1.807, 2.05) is 0 Å². The van der Waals surface area contributed by atoms with Crippen LogP contribution in [0.2, 0.25) is 0 Å². The van der Waals surface area contributed by atoms with E-state index in [1.54, 1.807) is 0 Å². The lowest BCUT2D eigenvalue weighted by atomic mass is 9.89. The number of fused-ring (bicyclic) bond motifs is 2. The Morgan fingerprint density at radius 3 is 2.33 bits per heavy atom. The van der Waals surface area contributed by atoms with Gasteiger partial charge in [0, 0.05) is 24.0 Å². The van der Waals surface area contributed by atoms with Gasteiger partial charge in [0.25, 0.3) is 0 Å². The Bertz CT molecular complexity index is 434. The van der Waals surface area contributed by atoms with Gasteiger partial charge in [-0.15, -0.1) is 0 Å². The monoisotopic (exact) mass is 240 g/mol. The zero-order chi connectivity index (χ0) is 12.5. The van der Waals surface area contributed by atoms with E-state index in [2.05, 4.69) is 48.2 Å². The fraction of sp³-hybridized carbons (Fsp3) is 0.562. The maximum atomic E-state index is 9.13. The number of nitrogens with zero attached hydrogens (tertiary/aromatic N) is 2. The third-order valence-electron chi connectivity index (χ3n) is 4.70. The summed E-state index contributed by atoms with van der Waals surface area (Å²) in [7, 11) is 0. The van der Waals surface area contributed by atoms with Crippen LogP contribution in [0.5, 0.6) is 0 Å². The Labute approximate surface area is 109 Å². The van der Waals surface area contributed by atoms with Crippen molar-refractivity contribution in [3.8, 4) is 6.07 Å². The van der Waals surface area contributed by atoms with E-state index < -0.39 is 0 Å². The molecular formula is C16H20N2. The molecule has 2 aliphatic heterocycles. The van der Waals surface area contributed by atoms with Crippen molar-refractivity contribution in [3.63, 3.8) is 0 Å². The summed E-state index contributed by atoms with van der Waals surface area (Å²) in [5.74, 6) is 0.293. The SMILES string of the molecule is C[C@H](c1ccccc1)N1[C@@H]2CC[C@@H]1CC(C#N)C2. The second kappa shape index (κ2) is 4.74. The molecule has 0 N–H and O–H groups in total. The second-order valence-electron chi connectivity index (χ2n) is 5.72. The first-order chi connectivity index (χ1) is 8.79. The molecular weight excluding hydrogens is 220 g/mol. The summed E-state index contributed by atoms with van der Waals surface area (Å²) in [6.45, 7) is 2.31. The van der Waals surface area contributed by atoms with Crippen LogP contribution in [-0.4, -0.2) is 17.0 Å². The van der Waals surface area contributed by atoms with Gasteiger partial charge in [-0.3, -0.25) is 4.90 Å². The normalized spacial score (nSPS) is 33.0. The predicted octanol–water partition coefficient (Wildman–Crippen LogP) is 3.51. The van der Waals surface area contributed by atoms with Gasteiger partial charge in [-0.05, 0) is 38.2 Å². The van der Waals surface area contributed by atoms with Crippen molar-refractivity contribution >= 4 is 0 Å². The molecule has 0 amide bonds. The summed E-state index contributed by atoms with van der Waals surface area (Å²) in [5, 5.41) is 9.13. The van der Waals surface area contributed by atoms with Crippen LogP contribution in [0.4, 0.5) is 0 Å². The van der Waals surface area contributed by atoms with E-state index in [-0.39, 0.29) is 0 Å². The fourth-order valence-corrected chi connectivity index (χ4v) is 3.85. The smallest absolute Gasteiger partial charge is 0.0657 e. The van der Waals surface area contributed by atoms with Crippen LogP contribution in [0.1, 0.15) is 44.2 Å². The average Bonchev–Trinajstić information content (AvgIpc) is 2.69. The van der Waals surface area contributed by atoms with E-state index >= 15 is 0 Å². The molecule has 2 heterocycles. The van der Waals surface area contributed by atoms with Gasteiger partial charge >= 0.3 is 0 Å². The number of benzene rings is 1. The quantitative estimate of drug-likeness (QED) is 0.791. The van der Waals surface area contributed by atoms with Gasteiger partial charge in [0.05, 0.1) is 6.07 Å². The minimum Gasteiger partial charge on any atom is -0.291 e. The summed E-state index contributed by atoms with van der Waals surface area (Å²) in [6.07, 6.45) is 4.70. The van der Waals surface area contributed by atoms with Crippen molar-refractivity contribution in [2.45, 2.75) is 50.7 Å². The maximum absolute atomic E-state index is 9.13. The molecule has 1 aromatic carbocycles. The molecule has 2 aliphatic rings. The molecule has 3 atom stereocenters. The molecule has 0 radical (unpaired) electrons. The first-order valence-corrected chi connectivity index (χ1v) is 7.01. The zero-order valence-electron chi connectivity index (χ0n) is 10.9. The molecule has 2 fully saturated rings. The molecule has 0 unspecified atom stereocenters. The number of nitriles is 1. The van der Waals surface area contributed by atoms with Crippen LogP contribution in [0.15, 0.2) is 30.3 Å². The molecule has 94 valence electrons. The minimum absolute atomic E-state index is 0.293. The Morgan fingerprint density at radius 2 is 1.78 bits per heavy atom. The third-order valence-corrected chi connectivity index (χ3v) is 4.70. The Morgan fingerprint density at radius 1 is 1.17 bits per heavy atom. The zero-order valence-corrected chi connectivity index (χ0v) is 10.9. The molecule has 0 aliphatic carbocycles. The summed E-state index contributed by atoms with van der Waals surface area (Å²) in [4.78, 5) is 2.67. The van der Waals surface area contributed by atoms with Crippen molar-refractivity contribution in [2.24, 2.45) is 5.92 Å². The van der Waals surface area contributed by atoms with Crippen LogP contribution in [0.25, 0.3) is 0 Å². The molecule has 0 spiro atoms. The second-order valence-corrected chi connectivity index (χ2v) is 5.72. The topological polar surface area (TPSA) is 27.0 Å². The largest absolute Gasteiger partial charge is 0.291 e. The highest BCUT2D eigenvalue weighted by atomic mass is 15.2. The van der Waals surface area contributed by atoms with Crippen molar-refractivity contribution < 1.29 is 0 Å². The fourth-order valence-electron chi connectivity index (χ4n) is 3.85. The lowest BCUT2D eigenvalue weighted by molar-refractivity contribution is 0.0792. The highest BCUT2D eigenvalue weighted by Gasteiger charge is 2.42. The van der Waals surface area contributed by atoms with Crippen LogP contribution >= 0.6 is 0 Å². The van der Waals surface area contributed by atoms with Crippen molar-refractivity contribution in [2.75, 3.05) is 0 Å². The van der Waals surface area contributed by atoms with Crippen molar-refractivity contribution in [1.82, 2.24) is 4.90 Å². The molecule has 3 rings (SSSR count). The van der Waals surface area contributed by atoms with Gasteiger partial charge in [-0.1, -0.05) is 30.3 Å². The number of rotatable bonds is 2. The average molecular weight is 240 g/mol. The molecule has 18 heavy (non-hydrogen) atoms. The van der Waals surface area contributed by atoms with Crippen molar-refractivity contribution in [3.05, 3.63) is 35.9 Å². The van der Waals surface area contributed by atoms with Gasteiger partial charge in [-0.2, -0.15) is 5.26 Å². The Balaban J connectivity index is 1.80. The lowest BCUT2D eigenvalue weighted by Gasteiger charge is -2.41. The van der Waals surface area contributed by atoms with E-state index in [0.29, 0.717) is 24.0 Å². The summed E-state index contributed by atoms with van der Waals surface area (Å²) in [5.41, 5.74) is 1.41. The van der Waals surface area contributed by atoms with Gasteiger partial charge in [0.1, 0.15) is 0 Å². The summed E-state index contributed by atoms with van der Waals surface area (Å²) in [6, 6.07) is 15.0. The van der Waals surface area contributed by atoms with E-state index in [0.717, 1.165) is 12.8 Å². The molecule has 2 nitrogen and oxygen atoms in total. The third kappa shape index (κ3) is 1.93. The van der Waals surface area contributed by atoms with Gasteiger partial charge in [0.15, 0.2) is 0 Å². The van der Waals surface area contributed by atoms with Crippen LogP contribution in [0.3, 0.4) is 0 Å². The first-order valence-electron chi connectivity index (χ1n) is 7.01. The van der Waals surface area contributed by atoms with Crippen LogP contribution < -0.4 is 0 Å². The van der Waals surface area contributed by atoms with Gasteiger partial charge in [0.2, 0.25) is 0 Å². The van der Waals surface area contributed by atoms with E-state index in [1.165, 1.54) is 18.4 Å². The lowest BCUT2D eigenvalue weighted by Crippen LogP contribution is -2.43. The molecule has 0 aromatic heterocycles. The molecule has 0 saturated carbocycles. The molecule has 2 bridgehead atoms. The molecule has 2 heteroatoms. The summed E-state index contributed by atoms with van der Waals surface area (Å²) < 4.78 is 0. The van der Waals surface area contributed by atoms with E-state index in [9.17, 15) is 0 Å². The summed E-state index contributed by atoms with van der Waals surface area (Å²) >= 11 is 0. The van der Waals surface area contributed by atoms with Crippen molar-refractivity contribution in [1.29, 1.82) is 5.26 Å². The highest BCUT2D eigenvalue weighted by Crippen LogP contribution is 2.43. The predicted molar refractivity (Wildman–Crippen MR) is 71.8 cm³/mol. The Hall–Kier alpha value is -1.33. The van der Waals surface area contributed by atoms with E-state index in [4.69, 9.17) is 5.26 Å². The van der Waals surface area contributed by atoms with Gasteiger partial charge < -0.3 is 0 Å². The van der Waals surface area contributed by atoms with Crippen LogP contribution in [0, 0.1) is 17.2 Å². The number of piperidine rings is 1. The Kier molecular flexibility index (Phi) is 3.09. The highest BCUT2D eigenvalue weighted by molar-refractivity contribution is 5.20. The van der Waals surface area contributed by atoms with Crippen LogP contribution in [-0.2, 0) is 0 Å². The minimum atomic E-state index is 0.293. The molecule has 1 aromatic rings.